The van der Waals surface area contributed by atoms with Crippen molar-refractivity contribution in [1.29, 1.82) is 0 Å². The molecule has 0 aliphatic carbocycles. The number of hydrogen-bond donors (Lipinski definition) is 0. The fraction of sp³-hybridized carbons (Fsp3) is 0.769. The summed E-state index contributed by atoms with van der Waals surface area (Å²) < 4.78 is 16.9. The van der Waals surface area contributed by atoms with Crippen LogP contribution in [0.5, 0.6) is 0 Å². The topological polar surface area (TPSA) is 78.9 Å². The Balaban J connectivity index is 4.42. The molecule has 0 aliphatic rings. The van der Waals surface area contributed by atoms with Crippen molar-refractivity contribution in [2.75, 3.05) is 13.2 Å². The second-order valence-corrected chi connectivity index (χ2v) is 20.2. The van der Waals surface area contributed by atoms with Crippen LogP contribution in [0.2, 0.25) is 0 Å². The van der Waals surface area contributed by atoms with Crippen molar-refractivity contribution in [2.24, 2.45) is 0 Å². The van der Waals surface area contributed by atoms with E-state index in [2.05, 4.69) is 93.7 Å². The van der Waals surface area contributed by atoms with E-state index in [1.165, 1.54) is 167 Å². The molecule has 410 valence electrons. The Bertz CT molecular complexity index is 1320. The van der Waals surface area contributed by atoms with Gasteiger partial charge in [-0.15, -0.1) is 0 Å². The first-order chi connectivity index (χ1) is 35.0. The summed E-state index contributed by atoms with van der Waals surface area (Å²) in [5, 5.41) is 0. The zero-order chi connectivity index (χ0) is 51.4. The number of allylic oxidation sites excluding steroid dienone is 12. The fourth-order valence-electron chi connectivity index (χ4n) is 8.53. The number of carbonyl (C=O) groups is 3. The summed E-state index contributed by atoms with van der Waals surface area (Å²) in [6.45, 7) is 6.58. The van der Waals surface area contributed by atoms with Gasteiger partial charge in [0.15, 0.2) is 6.10 Å². The van der Waals surface area contributed by atoms with Crippen molar-refractivity contribution in [2.45, 2.75) is 309 Å². The predicted molar refractivity (Wildman–Crippen MR) is 307 cm³/mol. The summed E-state index contributed by atoms with van der Waals surface area (Å²) in [4.78, 5) is 38.3. The maximum Gasteiger partial charge on any atom is 0.306 e. The van der Waals surface area contributed by atoms with Gasteiger partial charge in [0.2, 0.25) is 0 Å². The fourth-order valence-corrected chi connectivity index (χ4v) is 8.53. The Labute approximate surface area is 440 Å². The third-order valence-corrected chi connectivity index (χ3v) is 13.2. The molecule has 1 atom stereocenters. The SMILES string of the molecule is CCCCC/C=C\C/C=C\C/C=C\CCCCCCC(=O)OC[C@H](COC(=O)CCCCCCCCCCC/C=C\CCCCCCCC)OC(=O)CCCCCCCCC/C=C\C/C=C\CCCCC. The van der Waals surface area contributed by atoms with Gasteiger partial charge in [-0.05, 0) is 116 Å². The Hall–Kier alpha value is -3.15. The molecule has 0 N–H and O–H groups in total. The van der Waals surface area contributed by atoms with Crippen LogP contribution in [0.1, 0.15) is 303 Å². The van der Waals surface area contributed by atoms with E-state index in [-0.39, 0.29) is 31.1 Å². The van der Waals surface area contributed by atoms with Gasteiger partial charge in [-0.3, -0.25) is 14.4 Å². The first kappa shape index (κ1) is 67.8. The summed E-state index contributed by atoms with van der Waals surface area (Å²) in [6, 6.07) is 0. The zero-order valence-electron chi connectivity index (χ0n) is 47.0. The summed E-state index contributed by atoms with van der Waals surface area (Å²) in [5.41, 5.74) is 0. The van der Waals surface area contributed by atoms with Crippen LogP contribution in [-0.4, -0.2) is 37.2 Å². The smallest absolute Gasteiger partial charge is 0.306 e. The third kappa shape index (κ3) is 57.6. The van der Waals surface area contributed by atoms with Gasteiger partial charge in [-0.2, -0.15) is 0 Å². The lowest BCUT2D eigenvalue weighted by Crippen LogP contribution is -2.30. The molecule has 0 fully saturated rings. The number of rotatable bonds is 55. The number of unbranched alkanes of at least 4 members (excludes halogenated alkanes) is 32. The average Bonchev–Trinajstić information content (AvgIpc) is 3.37. The molecule has 0 amide bonds. The van der Waals surface area contributed by atoms with Crippen LogP contribution < -0.4 is 0 Å². The molecule has 0 aliphatic heterocycles. The lowest BCUT2D eigenvalue weighted by atomic mass is 10.1. The first-order valence-electron chi connectivity index (χ1n) is 30.4. The van der Waals surface area contributed by atoms with Gasteiger partial charge in [0.1, 0.15) is 13.2 Å². The minimum atomic E-state index is -0.791. The third-order valence-electron chi connectivity index (χ3n) is 13.2. The minimum Gasteiger partial charge on any atom is -0.462 e. The van der Waals surface area contributed by atoms with E-state index in [1.54, 1.807) is 0 Å². The lowest BCUT2D eigenvalue weighted by molar-refractivity contribution is -0.167. The van der Waals surface area contributed by atoms with Gasteiger partial charge in [0.25, 0.3) is 0 Å². The van der Waals surface area contributed by atoms with Crippen molar-refractivity contribution >= 4 is 17.9 Å². The monoisotopic (exact) mass is 991 g/mol. The molecule has 0 rings (SSSR count). The second kappa shape index (κ2) is 59.4. The molecule has 0 aromatic heterocycles. The molecule has 0 unspecified atom stereocenters. The van der Waals surface area contributed by atoms with Crippen LogP contribution in [0.25, 0.3) is 0 Å². The van der Waals surface area contributed by atoms with Crippen LogP contribution in [-0.2, 0) is 28.6 Å². The van der Waals surface area contributed by atoms with Gasteiger partial charge < -0.3 is 14.2 Å². The molecule has 0 saturated carbocycles. The highest BCUT2D eigenvalue weighted by molar-refractivity contribution is 5.71. The maximum absolute atomic E-state index is 12.9. The molecule has 0 bridgehead atoms. The normalized spacial score (nSPS) is 12.5. The van der Waals surface area contributed by atoms with Crippen molar-refractivity contribution < 1.29 is 28.6 Å². The highest BCUT2D eigenvalue weighted by atomic mass is 16.6. The van der Waals surface area contributed by atoms with Crippen molar-refractivity contribution in [1.82, 2.24) is 0 Å². The Kier molecular flexibility index (Phi) is 56.8. The Morgan fingerprint density at radius 2 is 0.507 bits per heavy atom. The standard InChI is InChI=1S/C65H114O6/c1-4-7-10-13-16-19-22-25-28-31-32-35-37-40-43-46-49-52-55-58-64(67)70-61-62(71-65(68)59-56-53-50-47-44-41-38-34-30-27-24-21-18-15-12-9-6-3)60-69-63(66)57-54-51-48-45-42-39-36-33-29-26-23-20-17-14-11-8-5-2/h17-18,20-21,25-30,36,39,62H,4-16,19,22-24,31-35,37-38,40-61H2,1-3H3/b20-17-,21-18-,28-25-,29-26-,30-27-,39-36-/t62-/m1/s1. The Morgan fingerprint density at radius 1 is 0.282 bits per heavy atom. The predicted octanol–water partition coefficient (Wildman–Crippen LogP) is 20.5. The van der Waals surface area contributed by atoms with Crippen LogP contribution >= 0.6 is 0 Å². The van der Waals surface area contributed by atoms with Gasteiger partial charge in [0.05, 0.1) is 0 Å². The summed E-state index contributed by atoms with van der Waals surface area (Å²) >= 11 is 0. The van der Waals surface area contributed by atoms with Gasteiger partial charge in [0, 0.05) is 19.3 Å². The maximum atomic E-state index is 12.9. The molecular formula is C65H114O6. The summed E-state index contributed by atoms with van der Waals surface area (Å²) in [7, 11) is 0. The van der Waals surface area contributed by atoms with Crippen LogP contribution in [0, 0.1) is 0 Å². The molecule has 0 heterocycles. The molecular weight excluding hydrogens is 877 g/mol. The van der Waals surface area contributed by atoms with E-state index in [4.69, 9.17) is 14.2 Å². The van der Waals surface area contributed by atoms with Gasteiger partial charge in [-0.1, -0.05) is 241 Å². The van der Waals surface area contributed by atoms with Crippen LogP contribution in [0.3, 0.4) is 0 Å². The summed E-state index contributed by atoms with van der Waals surface area (Å²) in [6.07, 6.45) is 76.0. The quantitative estimate of drug-likeness (QED) is 0.0261. The van der Waals surface area contributed by atoms with Crippen molar-refractivity contribution in [3.05, 3.63) is 72.9 Å². The zero-order valence-corrected chi connectivity index (χ0v) is 47.0. The van der Waals surface area contributed by atoms with E-state index in [1.807, 2.05) is 0 Å². The molecule has 0 aromatic carbocycles. The minimum absolute atomic E-state index is 0.0861. The molecule has 6 nitrogen and oxygen atoms in total. The number of carbonyl (C=O) groups excluding carboxylic acids is 3. The molecule has 0 radical (unpaired) electrons. The molecule has 0 saturated heterocycles. The average molecular weight is 992 g/mol. The van der Waals surface area contributed by atoms with Crippen molar-refractivity contribution in [3.63, 3.8) is 0 Å². The van der Waals surface area contributed by atoms with Crippen molar-refractivity contribution in [3.8, 4) is 0 Å². The van der Waals surface area contributed by atoms with E-state index >= 15 is 0 Å². The van der Waals surface area contributed by atoms with Crippen LogP contribution in [0.4, 0.5) is 0 Å². The number of hydrogen-bond acceptors (Lipinski definition) is 6. The summed E-state index contributed by atoms with van der Waals surface area (Å²) in [5.74, 6) is -0.907. The second-order valence-electron chi connectivity index (χ2n) is 20.2. The van der Waals surface area contributed by atoms with Crippen LogP contribution in [0.15, 0.2) is 72.9 Å². The van der Waals surface area contributed by atoms with E-state index in [0.717, 1.165) is 96.3 Å². The first-order valence-corrected chi connectivity index (χ1v) is 30.4. The molecule has 71 heavy (non-hydrogen) atoms. The number of esters is 3. The molecule has 6 heteroatoms. The highest BCUT2D eigenvalue weighted by Gasteiger charge is 2.19. The lowest BCUT2D eigenvalue weighted by Gasteiger charge is -2.18. The van der Waals surface area contributed by atoms with E-state index in [0.29, 0.717) is 19.3 Å². The Morgan fingerprint density at radius 3 is 0.831 bits per heavy atom. The molecule has 0 aromatic rings. The molecule has 0 spiro atoms. The van der Waals surface area contributed by atoms with E-state index in [9.17, 15) is 14.4 Å². The van der Waals surface area contributed by atoms with E-state index < -0.39 is 6.10 Å². The highest BCUT2D eigenvalue weighted by Crippen LogP contribution is 2.15. The van der Waals surface area contributed by atoms with Gasteiger partial charge >= 0.3 is 17.9 Å². The largest absolute Gasteiger partial charge is 0.462 e. The van der Waals surface area contributed by atoms with Gasteiger partial charge in [-0.25, -0.2) is 0 Å². The number of ether oxygens (including phenoxy) is 3.